The molecule has 9 rings (SSSR count). The van der Waals surface area contributed by atoms with Crippen molar-refractivity contribution in [3.63, 3.8) is 0 Å². The Kier molecular flexibility index (Phi) is 6.50. The van der Waals surface area contributed by atoms with E-state index in [1.807, 2.05) is 98.8 Å². The number of benzene rings is 3. The van der Waals surface area contributed by atoms with Gasteiger partial charge >= 0.3 is 17.1 Å². The molecule has 3 aromatic carbocycles. The SMILES string of the molecule is CC.[Cu+2].c1ccc2c(c1)-c1nc-2nc2[n-]c(nc3nc(nc4[n-]c(n1)c1ccccc41)-c1ccccc1-3)c1ncccc21. The minimum absolute atomic E-state index is 0. The van der Waals surface area contributed by atoms with E-state index < -0.39 is 0 Å². The minimum atomic E-state index is 0. The van der Waals surface area contributed by atoms with Crippen molar-refractivity contribution >= 4 is 44.3 Å². The molecule has 0 atom stereocenters. The Labute approximate surface area is 256 Å². The minimum Gasteiger partial charge on any atom is -0.357 e. The molecule has 6 heterocycles. The summed E-state index contributed by atoms with van der Waals surface area (Å²) in [6, 6.07) is 27.5. The van der Waals surface area contributed by atoms with Crippen LogP contribution in [0.4, 0.5) is 0 Å². The van der Waals surface area contributed by atoms with Crippen LogP contribution < -0.4 is 9.97 Å². The summed E-state index contributed by atoms with van der Waals surface area (Å²) in [6.45, 7) is 4.00. The molecule has 10 heteroatoms. The van der Waals surface area contributed by atoms with Crippen molar-refractivity contribution in [3.8, 4) is 45.6 Å². The normalized spacial score (nSPS) is 11.3. The molecule has 9 nitrogen and oxygen atoms in total. The van der Waals surface area contributed by atoms with E-state index in [1.54, 1.807) is 6.20 Å². The molecule has 8 bridgehead atoms. The van der Waals surface area contributed by atoms with Crippen LogP contribution in [-0.4, -0.2) is 34.9 Å². The molecule has 2 aliphatic rings. The van der Waals surface area contributed by atoms with Crippen molar-refractivity contribution in [2.24, 2.45) is 0 Å². The maximum atomic E-state index is 4.94. The quantitative estimate of drug-likeness (QED) is 0.177. The van der Waals surface area contributed by atoms with Crippen molar-refractivity contribution in [1.82, 2.24) is 44.9 Å². The van der Waals surface area contributed by atoms with Gasteiger partial charge in [-0.25, -0.2) is 9.97 Å². The van der Waals surface area contributed by atoms with Crippen LogP contribution >= 0.6 is 0 Å². The third-order valence-electron chi connectivity index (χ3n) is 7.18. The van der Waals surface area contributed by atoms with E-state index in [0.717, 1.165) is 38.4 Å². The summed E-state index contributed by atoms with van der Waals surface area (Å²) in [5.41, 5.74) is 6.14. The number of rotatable bonds is 0. The average Bonchev–Trinajstić information content (AvgIpc) is 3.78. The predicted octanol–water partition coefficient (Wildman–Crippen LogP) is 6.55. The molecule has 0 saturated carbocycles. The molecule has 0 fully saturated rings. The van der Waals surface area contributed by atoms with E-state index in [2.05, 4.69) is 4.98 Å². The average molecular weight is 607 g/mol. The van der Waals surface area contributed by atoms with Crippen LogP contribution in [0.1, 0.15) is 13.8 Å². The predicted molar refractivity (Wildman–Crippen MR) is 163 cm³/mol. The van der Waals surface area contributed by atoms with Gasteiger partial charge in [0.2, 0.25) is 0 Å². The summed E-state index contributed by atoms with van der Waals surface area (Å²) in [6.07, 6.45) is 1.73. The molecule has 43 heavy (non-hydrogen) atoms. The Bertz CT molecular complexity index is 2040. The van der Waals surface area contributed by atoms with Gasteiger partial charge in [0.15, 0.2) is 0 Å². The fourth-order valence-electron chi connectivity index (χ4n) is 5.33. The molecular formula is C33H21CuN9. The molecule has 0 amide bonds. The Hall–Kier alpha value is -5.31. The topological polar surface area (TPSA) is 118 Å². The third kappa shape index (κ3) is 4.19. The molecule has 0 spiro atoms. The van der Waals surface area contributed by atoms with Gasteiger partial charge in [-0.05, 0) is 16.8 Å². The van der Waals surface area contributed by atoms with E-state index in [-0.39, 0.29) is 17.1 Å². The van der Waals surface area contributed by atoms with E-state index in [4.69, 9.17) is 39.9 Å². The number of fused-ring (bicyclic) bond motifs is 20. The largest absolute Gasteiger partial charge is 2.00 e. The first-order chi connectivity index (χ1) is 20.8. The van der Waals surface area contributed by atoms with Gasteiger partial charge in [-0.2, -0.15) is 0 Å². The van der Waals surface area contributed by atoms with Crippen molar-refractivity contribution in [1.29, 1.82) is 0 Å². The second kappa shape index (κ2) is 10.5. The number of hydrogen-bond acceptors (Lipinski definition) is 7. The second-order valence-corrected chi connectivity index (χ2v) is 9.52. The van der Waals surface area contributed by atoms with Crippen LogP contribution in [-0.2, 0) is 17.1 Å². The zero-order valence-electron chi connectivity index (χ0n) is 23.0. The second-order valence-electron chi connectivity index (χ2n) is 9.52. The summed E-state index contributed by atoms with van der Waals surface area (Å²) >= 11 is 0. The Morgan fingerprint density at radius 2 is 0.791 bits per heavy atom. The van der Waals surface area contributed by atoms with Crippen molar-refractivity contribution in [2.75, 3.05) is 0 Å². The van der Waals surface area contributed by atoms with Crippen LogP contribution in [0.15, 0.2) is 91.1 Å². The smallest absolute Gasteiger partial charge is 0.357 e. The molecule has 1 radical (unpaired) electrons. The fourth-order valence-corrected chi connectivity index (χ4v) is 5.33. The standard InChI is InChI=1S/C31H15N9.C2H6.Cu/c1-2-9-17-16(8-1)24-33-25(17)35-27-20-12-5-6-13-21(20)29(37-27)39-31-23-22(14-7-15-32-23)30(40-31)38-28-19-11-4-3-10-18(19)26(34-24)36-28;1-2;/h1-15H;1-2H3;/q-2;;+2. The Morgan fingerprint density at radius 3 is 1.28 bits per heavy atom. The van der Waals surface area contributed by atoms with Crippen LogP contribution in [0.3, 0.4) is 0 Å². The number of aromatic nitrogens is 9. The number of hydrogen-bond donors (Lipinski definition) is 0. The molecule has 4 aromatic heterocycles. The molecule has 2 aliphatic heterocycles. The van der Waals surface area contributed by atoms with Crippen LogP contribution in [0.5, 0.6) is 0 Å². The van der Waals surface area contributed by atoms with Crippen LogP contribution in [0.25, 0.3) is 89.8 Å². The summed E-state index contributed by atoms with van der Waals surface area (Å²) in [5, 5.41) is 2.55. The van der Waals surface area contributed by atoms with Gasteiger partial charge in [0.1, 0.15) is 0 Å². The summed E-state index contributed by atoms with van der Waals surface area (Å²) in [5.74, 6) is 2.10. The number of pyridine rings is 1. The first-order valence-corrected chi connectivity index (χ1v) is 13.7. The zero-order chi connectivity index (χ0) is 28.2. The first-order valence-electron chi connectivity index (χ1n) is 13.7. The van der Waals surface area contributed by atoms with Gasteiger partial charge in [-0.3, -0.25) is 4.98 Å². The van der Waals surface area contributed by atoms with Crippen LogP contribution in [0.2, 0.25) is 0 Å². The van der Waals surface area contributed by atoms with Gasteiger partial charge in [0, 0.05) is 56.4 Å². The van der Waals surface area contributed by atoms with E-state index in [9.17, 15) is 0 Å². The molecule has 0 aliphatic carbocycles. The Morgan fingerprint density at radius 1 is 0.419 bits per heavy atom. The van der Waals surface area contributed by atoms with Crippen LogP contribution in [0, 0.1) is 0 Å². The number of nitrogens with zero attached hydrogens (tertiary/aromatic N) is 9. The molecule has 0 N–H and O–H groups in total. The Balaban J connectivity index is 0.000000981. The van der Waals surface area contributed by atoms with Crippen molar-refractivity contribution in [2.45, 2.75) is 13.8 Å². The van der Waals surface area contributed by atoms with Gasteiger partial charge in [0.25, 0.3) is 0 Å². The summed E-state index contributed by atoms with van der Waals surface area (Å²) in [7, 11) is 0. The summed E-state index contributed by atoms with van der Waals surface area (Å²) in [4.78, 5) is 43.6. The molecular weight excluding hydrogens is 586 g/mol. The third-order valence-corrected chi connectivity index (χ3v) is 7.18. The monoisotopic (exact) mass is 606 g/mol. The van der Waals surface area contributed by atoms with Gasteiger partial charge < -0.3 is 29.9 Å². The zero-order valence-corrected chi connectivity index (χ0v) is 23.9. The van der Waals surface area contributed by atoms with E-state index in [1.165, 1.54) is 0 Å². The van der Waals surface area contributed by atoms with Crippen molar-refractivity contribution < 1.29 is 17.1 Å². The van der Waals surface area contributed by atoms with E-state index in [0.29, 0.717) is 51.4 Å². The first kappa shape index (κ1) is 26.6. The molecule has 0 saturated heterocycles. The fraction of sp³-hybridized carbons (Fsp3) is 0.0606. The van der Waals surface area contributed by atoms with E-state index >= 15 is 0 Å². The van der Waals surface area contributed by atoms with Crippen molar-refractivity contribution in [3.05, 3.63) is 91.1 Å². The molecule has 209 valence electrons. The van der Waals surface area contributed by atoms with Gasteiger partial charge in [-0.15, -0.1) is 0 Å². The maximum absolute atomic E-state index is 4.94. The maximum Gasteiger partial charge on any atom is 2.00 e. The molecule has 7 aromatic rings. The van der Waals surface area contributed by atoms with Gasteiger partial charge in [0.05, 0.1) is 28.8 Å². The van der Waals surface area contributed by atoms with Gasteiger partial charge in [-0.1, -0.05) is 92.7 Å². The summed E-state index contributed by atoms with van der Waals surface area (Å²) < 4.78 is 0. The molecule has 0 unspecified atom stereocenters.